The molecule has 2 heteroatoms. The predicted molar refractivity (Wildman–Crippen MR) is 79.3 cm³/mol. The van der Waals surface area contributed by atoms with Crippen LogP contribution in [0, 0.1) is 12.3 Å². The standard InChI is InChI=1S/C17H17NO/c1-3-14-6-5-7-16(12-14)18-13-15-8-10-17(11-9-15)19-4-2/h1,5-12,18H,4,13H2,2H3. The van der Waals surface area contributed by atoms with Crippen LogP contribution in [0.1, 0.15) is 18.1 Å². The van der Waals surface area contributed by atoms with Crippen molar-refractivity contribution in [2.45, 2.75) is 13.5 Å². The molecular formula is C17H17NO. The summed E-state index contributed by atoms with van der Waals surface area (Å²) in [5, 5.41) is 3.35. The molecule has 0 unspecified atom stereocenters. The van der Waals surface area contributed by atoms with Gasteiger partial charge in [0, 0.05) is 17.8 Å². The van der Waals surface area contributed by atoms with Gasteiger partial charge in [-0.1, -0.05) is 24.1 Å². The zero-order valence-corrected chi connectivity index (χ0v) is 11.0. The van der Waals surface area contributed by atoms with E-state index in [1.807, 2.05) is 43.3 Å². The summed E-state index contributed by atoms with van der Waals surface area (Å²) < 4.78 is 5.41. The summed E-state index contributed by atoms with van der Waals surface area (Å²) in [5.74, 6) is 3.53. The van der Waals surface area contributed by atoms with Crippen molar-refractivity contribution in [3.8, 4) is 18.1 Å². The van der Waals surface area contributed by atoms with Gasteiger partial charge in [0.05, 0.1) is 6.61 Å². The van der Waals surface area contributed by atoms with E-state index in [9.17, 15) is 0 Å². The van der Waals surface area contributed by atoms with E-state index in [1.165, 1.54) is 5.56 Å². The Morgan fingerprint density at radius 3 is 2.63 bits per heavy atom. The van der Waals surface area contributed by atoms with Crippen LogP contribution in [0.3, 0.4) is 0 Å². The highest BCUT2D eigenvalue weighted by molar-refractivity contribution is 5.50. The number of ether oxygens (including phenoxy) is 1. The lowest BCUT2D eigenvalue weighted by Crippen LogP contribution is -1.99. The van der Waals surface area contributed by atoms with E-state index in [-0.39, 0.29) is 0 Å². The molecule has 0 aliphatic carbocycles. The molecule has 19 heavy (non-hydrogen) atoms. The first kappa shape index (κ1) is 13.0. The Morgan fingerprint density at radius 2 is 1.95 bits per heavy atom. The summed E-state index contributed by atoms with van der Waals surface area (Å²) in [5.41, 5.74) is 3.12. The van der Waals surface area contributed by atoms with Crippen LogP contribution in [-0.2, 0) is 6.54 Å². The van der Waals surface area contributed by atoms with Crippen LogP contribution >= 0.6 is 0 Å². The molecule has 0 amide bonds. The third kappa shape index (κ3) is 3.79. The van der Waals surface area contributed by atoms with Gasteiger partial charge in [-0.05, 0) is 42.8 Å². The highest BCUT2D eigenvalue weighted by atomic mass is 16.5. The van der Waals surface area contributed by atoms with E-state index in [4.69, 9.17) is 11.2 Å². The fourth-order valence-corrected chi connectivity index (χ4v) is 1.79. The largest absolute Gasteiger partial charge is 0.494 e. The molecule has 0 spiro atoms. The molecule has 0 saturated heterocycles. The first-order chi connectivity index (χ1) is 9.31. The summed E-state index contributed by atoms with van der Waals surface area (Å²) in [6.45, 7) is 3.44. The normalized spacial score (nSPS) is 9.68. The summed E-state index contributed by atoms with van der Waals surface area (Å²) in [6.07, 6.45) is 5.38. The molecule has 1 N–H and O–H groups in total. The monoisotopic (exact) mass is 251 g/mol. The molecule has 2 rings (SSSR count). The minimum atomic E-state index is 0.691. The first-order valence-corrected chi connectivity index (χ1v) is 6.34. The van der Waals surface area contributed by atoms with Gasteiger partial charge in [0.15, 0.2) is 0 Å². The zero-order chi connectivity index (χ0) is 13.5. The van der Waals surface area contributed by atoms with Crippen molar-refractivity contribution in [2.75, 3.05) is 11.9 Å². The maximum atomic E-state index is 5.41. The summed E-state index contributed by atoms with van der Waals surface area (Å²) in [4.78, 5) is 0. The minimum Gasteiger partial charge on any atom is -0.494 e. The SMILES string of the molecule is C#Cc1cccc(NCc2ccc(OCC)cc2)c1. The molecule has 96 valence electrons. The average molecular weight is 251 g/mol. The number of benzene rings is 2. The summed E-state index contributed by atoms with van der Waals surface area (Å²) in [7, 11) is 0. The number of hydrogen-bond donors (Lipinski definition) is 1. The fraction of sp³-hybridized carbons (Fsp3) is 0.176. The van der Waals surface area contributed by atoms with Gasteiger partial charge >= 0.3 is 0 Å². The first-order valence-electron chi connectivity index (χ1n) is 6.34. The number of terminal acetylenes is 1. The highest BCUT2D eigenvalue weighted by Crippen LogP contribution is 2.14. The lowest BCUT2D eigenvalue weighted by molar-refractivity contribution is 0.340. The predicted octanol–water partition coefficient (Wildman–Crippen LogP) is 3.68. The van der Waals surface area contributed by atoms with Crippen LogP contribution in [-0.4, -0.2) is 6.61 Å². The molecule has 2 aromatic rings. The number of rotatable bonds is 5. The molecule has 2 aromatic carbocycles. The Bertz CT molecular complexity index is 567. The van der Waals surface area contributed by atoms with E-state index in [0.29, 0.717) is 6.61 Å². The highest BCUT2D eigenvalue weighted by Gasteiger charge is 1.96. The van der Waals surface area contributed by atoms with Gasteiger partial charge < -0.3 is 10.1 Å². The fourth-order valence-electron chi connectivity index (χ4n) is 1.79. The quantitative estimate of drug-likeness (QED) is 0.818. The van der Waals surface area contributed by atoms with Crippen molar-refractivity contribution in [1.82, 2.24) is 0 Å². The number of hydrogen-bond acceptors (Lipinski definition) is 2. The van der Waals surface area contributed by atoms with Crippen molar-refractivity contribution in [3.63, 3.8) is 0 Å². The van der Waals surface area contributed by atoms with Gasteiger partial charge in [0.2, 0.25) is 0 Å². The van der Waals surface area contributed by atoms with E-state index >= 15 is 0 Å². The van der Waals surface area contributed by atoms with Crippen molar-refractivity contribution in [1.29, 1.82) is 0 Å². The van der Waals surface area contributed by atoms with Crippen molar-refractivity contribution in [2.24, 2.45) is 0 Å². The van der Waals surface area contributed by atoms with E-state index in [0.717, 1.165) is 23.5 Å². The zero-order valence-electron chi connectivity index (χ0n) is 11.0. The third-order valence-corrected chi connectivity index (χ3v) is 2.76. The second-order valence-corrected chi connectivity index (χ2v) is 4.16. The van der Waals surface area contributed by atoms with Crippen LogP contribution in [0.15, 0.2) is 48.5 Å². The van der Waals surface area contributed by atoms with Gasteiger partial charge in [-0.15, -0.1) is 6.42 Å². The van der Waals surface area contributed by atoms with Crippen LogP contribution in [0.5, 0.6) is 5.75 Å². The van der Waals surface area contributed by atoms with Crippen molar-refractivity contribution < 1.29 is 4.74 Å². The average Bonchev–Trinajstić information content (AvgIpc) is 2.47. The van der Waals surface area contributed by atoms with Crippen LogP contribution in [0.2, 0.25) is 0 Å². The molecule has 2 nitrogen and oxygen atoms in total. The molecule has 0 fully saturated rings. The summed E-state index contributed by atoms with van der Waals surface area (Å²) >= 11 is 0. The van der Waals surface area contributed by atoms with E-state index in [1.54, 1.807) is 0 Å². The van der Waals surface area contributed by atoms with Gasteiger partial charge in [0.25, 0.3) is 0 Å². The van der Waals surface area contributed by atoms with Crippen LogP contribution in [0.25, 0.3) is 0 Å². The van der Waals surface area contributed by atoms with Gasteiger partial charge in [-0.2, -0.15) is 0 Å². The molecule has 0 radical (unpaired) electrons. The van der Waals surface area contributed by atoms with E-state index in [2.05, 4.69) is 23.4 Å². The molecule has 0 atom stereocenters. The molecule has 0 heterocycles. The number of anilines is 1. The lowest BCUT2D eigenvalue weighted by atomic mass is 10.2. The van der Waals surface area contributed by atoms with Crippen LogP contribution < -0.4 is 10.1 Å². The van der Waals surface area contributed by atoms with E-state index < -0.39 is 0 Å². The Kier molecular flexibility index (Phi) is 4.47. The third-order valence-electron chi connectivity index (χ3n) is 2.76. The molecule has 0 aliphatic rings. The van der Waals surface area contributed by atoms with Crippen molar-refractivity contribution in [3.05, 3.63) is 59.7 Å². The second-order valence-electron chi connectivity index (χ2n) is 4.16. The molecule has 0 aromatic heterocycles. The lowest BCUT2D eigenvalue weighted by Gasteiger charge is -2.08. The molecule has 0 bridgehead atoms. The van der Waals surface area contributed by atoms with Crippen LogP contribution in [0.4, 0.5) is 5.69 Å². The van der Waals surface area contributed by atoms with Gasteiger partial charge in [0.1, 0.15) is 5.75 Å². The Hall–Kier alpha value is -2.40. The molecule has 0 saturated carbocycles. The maximum Gasteiger partial charge on any atom is 0.119 e. The second kappa shape index (κ2) is 6.51. The smallest absolute Gasteiger partial charge is 0.119 e. The molecular weight excluding hydrogens is 234 g/mol. The number of nitrogens with one attached hydrogen (secondary N) is 1. The maximum absolute atomic E-state index is 5.41. The van der Waals surface area contributed by atoms with Gasteiger partial charge in [-0.25, -0.2) is 0 Å². The Morgan fingerprint density at radius 1 is 1.16 bits per heavy atom. The topological polar surface area (TPSA) is 21.3 Å². The molecule has 0 aliphatic heterocycles. The minimum absolute atomic E-state index is 0.691. The Labute approximate surface area is 114 Å². The van der Waals surface area contributed by atoms with Gasteiger partial charge in [-0.3, -0.25) is 0 Å². The Balaban J connectivity index is 1.96. The summed E-state index contributed by atoms with van der Waals surface area (Å²) in [6, 6.07) is 15.9. The van der Waals surface area contributed by atoms with Crippen molar-refractivity contribution >= 4 is 5.69 Å².